The van der Waals surface area contributed by atoms with Crippen LogP contribution in [0.15, 0.2) is 0 Å². The Morgan fingerprint density at radius 3 is 1.43 bits per heavy atom. The maximum Gasteiger partial charge on any atom is 1.00 e. The molecule has 0 spiro atoms. The quantitative estimate of drug-likeness (QED) is 0.285. The SMILES string of the molecule is O=C(O)O.[CH2-]C.[Na+]. The molecule has 0 aliphatic heterocycles. The minimum atomic E-state index is -1.83. The van der Waals surface area contributed by atoms with E-state index in [9.17, 15) is 0 Å². The first-order valence-corrected chi connectivity index (χ1v) is 1.36. The minimum absolute atomic E-state index is 0. The van der Waals surface area contributed by atoms with Crippen LogP contribution in [0.1, 0.15) is 6.92 Å². The fourth-order valence-corrected chi connectivity index (χ4v) is 0. The van der Waals surface area contributed by atoms with Gasteiger partial charge in [0, 0.05) is 0 Å². The van der Waals surface area contributed by atoms with Gasteiger partial charge in [-0.3, -0.25) is 0 Å². The van der Waals surface area contributed by atoms with E-state index in [2.05, 4.69) is 6.92 Å². The van der Waals surface area contributed by atoms with Gasteiger partial charge >= 0.3 is 35.7 Å². The topological polar surface area (TPSA) is 57.5 Å². The van der Waals surface area contributed by atoms with E-state index in [0.717, 1.165) is 0 Å². The third-order valence-corrected chi connectivity index (χ3v) is 0. The van der Waals surface area contributed by atoms with Gasteiger partial charge in [0.1, 0.15) is 0 Å². The van der Waals surface area contributed by atoms with Gasteiger partial charge in [-0.2, -0.15) is 6.92 Å². The molecule has 38 valence electrons. The van der Waals surface area contributed by atoms with Gasteiger partial charge in [-0.1, -0.05) is 0 Å². The molecule has 0 amide bonds. The summed E-state index contributed by atoms with van der Waals surface area (Å²) < 4.78 is 0. The van der Waals surface area contributed by atoms with Crippen molar-refractivity contribution in [2.45, 2.75) is 6.92 Å². The van der Waals surface area contributed by atoms with E-state index in [1.54, 1.807) is 6.92 Å². The van der Waals surface area contributed by atoms with Gasteiger partial charge in [0.2, 0.25) is 0 Å². The second-order valence-corrected chi connectivity index (χ2v) is 0.283. The van der Waals surface area contributed by atoms with Crippen molar-refractivity contribution in [3.8, 4) is 0 Å². The molecule has 0 radical (unpaired) electrons. The Balaban J connectivity index is -0.0000000480. The van der Waals surface area contributed by atoms with Gasteiger partial charge < -0.3 is 17.1 Å². The summed E-state index contributed by atoms with van der Waals surface area (Å²) in [5.41, 5.74) is 0. The Kier molecular flexibility index (Phi) is 36.5. The van der Waals surface area contributed by atoms with Crippen molar-refractivity contribution < 1.29 is 44.6 Å². The third kappa shape index (κ3) is 1570. The Hall–Kier alpha value is 0.270. The van der Waals surface area contributed by atoms with Crippen LogP contribution >= 0.6 is 0 Å². The standard InChI is InChI=1S/C2H5.CH2O3.Na/c1-2;2-1(3)4;/h1H2,2H3;(H2,2,3,4);/q-1;;+1. The molecule has 0 aromatic carbocycles. The van der Waals surface area contributed by atoms with Crippen LogP contribution in [0, 0.1) is 6.92 Å². The summed E-state index contributed by atoms with van der Waals surface area (Å²) in [6.45, 7) is 5.00. The molecular weight excluding hydrogens is 107 g/mol. The predicted molar refractivity (Wildman–Crippen MR) is 21.7 cm³/mol. The van der Waals surface area contributed by atoms with E-state index >= 15 is 0 Å². The van der Waals surface area contributed by atoms with Crippen LogP contribution in [0.5, 0.6) is 0 Å². The average Bonchev–Trinajstić information content (AvgIpc) is 1.41. The van der Waals surface area contributed by atoms with E-state index in [1.807, 2.05) is 0 Å². The molecular formula is C3H7NaO3. The molecule has 0 aliphatic rings. The molecule has 0 aromatic rings. The first-order chi connectivity index (χ1) is 2.73. The zero-order valence-electron chi connectivity index (χ0n) is 4.51. The second kappa shape index (κ2) is 16.3. The molecule has 0 fully saturated rings. The minimum Gasteiger partial charge on any atom is -0.450 e. The monoisotopic (exact) mass is 114 g/mol. The van der Waals surface area contributed by atoms with E-state index < -0.39 is 6.16 Å². The van der Waals surface area contributed by atoms with Crippen molar-refractivity contribution in [1.29, 1.82) is 0 Å². The van der Waals surface area contributed by atoms with Crippen LogP contribution < -0.4 is 29.6 Å². The van der Waals surface area contributed by atoms with Crippen LogP contribution in [0.3, 0.4) is 0 Å². The molecule has 0 saturated carbocycles. The van der Waals surface area contributed by atoms with Crippen LogP contribution in [-0.2, 0) is 0 Å². The fraction of sp³-hybridized carbons (Fsp3) is 0.333. The summed E-state index contributed by atoms with van der Waals surface area (Å²) in [7, 11) is 0. The first-order valence-electron chi connectivity index (χ1n) is 1.36. The van der Waals surface area contributed by atoms with Crippen molar-refractivity contribution in [2.75, 3.05) is 0 Å². The Labute approximate surface area is 64.6 Å². The summed E-state index contributed by atoms with van der Waals surface area (Å²) in [5, 5.41) is 13.9. The van der Waals surface area contributed by atoms with Gasteiger partial charge in [0.15, 0.2) is 0 Å². The van der Waals surface area contributed by atoms with Gasteiger partial charge in [0.05, 0.1) is 0 Å². The van der Waals surface area contributed by atoms with Gasteiger partial charge in [0.25, 0.3) is 0 Å². The molecule has 0 unspecified atom stereocenters. The van der Waals surface area contributed by atoms with Crippen molar-refractivity contribution >= 4 is 6.16 Å². The molecule has 0 heterocycles. The molecule has 2 N–H and O–H groups in total. The Morgan fingerprint density at radius 2 is 1.43 bits per heavy atom. The van der Waals surface area contributed by atoms with E-state index in [4.69, 9.17) is 15.0 Å². The molecule has 0 aromatic heterocycles. The molecule has 0 rings (SSSR count). The largest absolute Gasteiger partial charge is 1.00 e. The smallest absolute Gasteiger partial charge is 0.450 e. The summed E-state index contributed by atoms with van der Waals surface area (Å²) in [5.74, 6) is 0. The molecule has 0 bridgehead atoms. The summed E-state index contributed by atoms with van der Waals surface area (Å²) >= 11 is 0. The van der Waals surface area contributed by atoms with E-state index in [1.165, 1.54) is 0 Å². The van der Waals surface area contributed by atoms with Gasteiger partial charge in [-0.25, -0.2) is 4.79 Å². The van der Waals surface area contributed by atoms with Crippen LogP contribution in [0.25, 0.3) is 0 Å². The molecule has 4 heteroatoms. The number of hydrogen-bond donors (Lipinski definition) is 2. The van der Waals surface area contributed by atoms with E-state index in [-0.39, 0.29) is 29.6 Å². The molecule has 3 nitrogen and oxygen atoms in total. The van der Waals surface area contributed by atoms with Crippen molar-refractivity contribution in [3.05, 3.63) is 6.92 Å². The molecule has 0 aliphatic carbocycles. The number of carboxylic acid groups (broad SMARTS) is 2. The summed E-state index contributed by atoms with van der Waals surface area (Å²) in [4.78, 5) is 8.56. The van der Waals surface area contributed by atoms with Crippen LogP contribution in [-0.4, -0.2) is 16.4 Å². The fourth-order valence-electron chi connectivity index (χ4n) is 0. The number of rotatable bonds is 0. The predicted octanol–water partition coefficient (Wildman–Crippen LogP) is -1.93. The Morgan fingerprint density at radius 1 is 1.43 bits per heavy atom. The molecule has 0 atom stereocenters. The van der Waals surface area contributed by atoms with Crippen molar-refractivity contribution in [3.63, 3.8) is 0 Å². The van der Waals surface area contributed by atoms with Crippen molar-refractivity contribution in [1.82, 2.24) is 0 Å². The van der Waals surface area contributed by atoms with Crippen LogP contribution in [0.4, 0.5) is 4.79 Å². The number of hydrogen-bond acceptors (Lipinski definition) is 1. The van der Waals surface area contributed by atoms with Gasteiger partial charge in [-0.15, -0.1) is 0 Å². The van der Waals surface area contributed by atoms with Gasteiger partial charge in [-0.05, 0) is 0 Å². The molecule has 7 heavy (non-hydrogen) atoms. The van der Waals surface area contributed by atoms with Crippen LogP contribution in [0.2, 0.25) is 0 Å². The van der Waals surface area contributed by atoms with Crippen molar-refractivity contribution in [2.24, 2.45) is 0 Å². The maximum atomic E-state index is 8.56. The third-order valence-electron chi connectivity index (χ3n) is 0. The summed E-state index contributed by atoms with van der Waals surface area (Å²) in [6.07, 6.45) is -1.83. The zero-order valence-corrected chi connectivity index (χ0v) is 6.51. The van der Waals surface area contributed by atoms with E-state index in [0.29, 0.717) is 0 Å². The first kappa shape index (κ1) is 15.7. The average molecular weight is 114 g/mol. The zero-order chi connectivity index (χ0) is 5.58. The second-order valence-electron chi connectivity index (χ2n) is 0.283. The maximum absolute atomic E-state index is 8.56. The molecule has 0 saturated heterocycles. The Bertz CT molecular complexity index is 33.2. The summed E-state index contributed by atoms with van der Waals surface area (Å²) in [6, 6.07) is 0. The normalized spacial score (nSPS) is 4.29. The number of carbonyl (C=O) groups is 1.